The Morgan fingerprint density at radius 2 is 2.29 bits per heavy atom. The molecule has 0 saturated heterocycles. The van der Waals surface area contributed by atoms with E-state index in [4.69, 9.17) is 4.74 Å². The maximum absolute atomic E-state index is 11.4. The van der Waals surface area contributed by atoms with Gasteiger partial charge in [0.25, 0.3) is 5.91 Å². The van der Waals surface area contributed by atoms with E-state index in [1.54, 1.807) is 19.2 Å². The first kappa shape index (κ1) is 11.0. The number of rotatable bonds is 3. The van der Waals surface area contributed by atoms with Crippen molar-refractivity contribution in [2.24, 2.45) is 0 Å². The van der Waals surface area contributed by atoms with Crippen LogP contribution in [0.1, 0.15) is 17.3 Å². The Labute approximate surface area is 91.6 Å². The van der Waals surface area contributed by atoms with Gasteiger partial charge in [-0.05, 0) is 25.1 Å². The van der Waals surface area contributed by atoms with E-state index in [-0.39, 0.29) is 5.91 Å². The van der Waals surface area contributed by atoms with Gasteiger partial charge < -0.3 is 10.1 Å². The molecule has 0 bridgehead atoms. The molecule has 76 valence electrons. The van der Waals surface area contributed by atoms with Gasteiger partial charge in [0.15, 0.2) is 0 Å². The molecule has 0 aliphatic carbocycles. The van der Waals surface area contributed by atoms with Crippen LogP contribution in [-0.4, -0.2) is 19.6 Å². The highest BCUT2D eigenvalue weighted by molar-refractivity contribution is 9.10. The lowest BCUT2D eigenvalue weighted by atomic mass is 10.2. The van der Waals surface area contributed by atoms with Gasteiger partial charge in [-0.15, -0.1) is 0 Å². The van der Waals surface area contributed by atoms with Crippen molar-refractivity contribution in [3.8, 4) is 5.75 Å². The molecule has 0 aliphatic heterocycles. The minimum absolute atomic E-state index is 0.144. The molecule has 0 aromatic heterocycles. The van der Waals surface area contributed by atoms with Gasteiger partial charge >= 0.3 is 0 Å². The molecule has 0 unspecified atom stereocenters. The van der Waals surface area contributed by atoms with Gasteiger partial charge in [-0.2, -0.15) is 0 Å². The average molecular weight is 258 g/mol. The number of hydrogen-bond donors (Lipinski definition) is 1. The zero-order valence-electron chi connectivity index (χ0n) is 8.13. The van der Waals surface area contributed by atoms with Crippen LogP contribution in [0.5, 0.6) is 5.75 Å². The SMILES string of the molecule is CCOc1ccc(Br)cc1C(=O)NC. The molecule has 14 heavy (non-hydrogen) atoms. The van der Waals surface area contributed by atoms with Crippen LogP contribution in [0.3, 0.4) is 0 Å². The van der Waals surface area contributed by atoms with Crippen molar-refractivity contribution >= 4 is 21.8 Å². The Hall–Kier alpha value is -1.03. The summed E-state index contributed by atoms with van der Waals surface area (Å²) >= 11 is 3.31. The third kappa shape index (κ3) is 2.48. The minimum atomic E-state index is -0.144. The molecule has 1 N–H and O–H groups in total. The molecule has 0 atom stereocenters. The molecule has 0 heterocycles. The number of carbonyl (C=O) groups is 1. The van der Waals surface area contributed by atoms with Crippen molar-refractivity contribution in [2.75, 3.05) is 13.7 Å². The Kier molecular flexibility index (Phi) is 3.95. The fraction of sp³-hybridized carbons (Fsp3) is 0.300. The zero-order valence-corrected chi connectivity index (χ0v) is 9.72. The topological polar surface area (TPSA) is 38.3 Å². The lowest BCUT2D eigenvalue weighted by Crippen LogP contribution is -2.18. The Morgan fingerprint density at radius 3 is 2.86 bits per heavy atom. The summed E-state index contributed by atoms with van der Waals surface area (Å²) in [6.45, 7) is 2.43. The van der Waals surface area contributed by atoms with Crippen molar-refractivity contribution in [3.05, 3.63) is 28.2 Å². The van der Waals surface area contributed by atoms with Gasteiger partial charge in [0.2, 0.25) is 0 Å². The van der Waals surface area contributed by atoms with Gasteiger partial charge in [-0.25, -0.2) is 0 Å². The highest BCUT2D eigenvalue weighted by Gasteiger charge is 2.10. The van der Waals surface area contributed by atoms with Crippen LogP contribution in [0.2, 0.25) is 0 Å². The molecule has 1 aromatic carbocycles. The van der Waals surface area contributed by atoms with Gasteiger partial charge in [0.1, 0.15) is 5.75 Å². The normalized spacial score (nSPS) is 9.64. The van der Waals surface area contributed by atoms with E-state index in [9.17, 15) is 4.79 Å². The molecule has 3 nitrogen and oxygen atoms in total. The lowest BCUT2D eigenvalue weighted by molar-refractivity contribution is 0.0959. The lowest BCUT2D eigenvalue weighted by Gasteiger charge is -2.09. The third-order valence-electron chi connectivity index (χ3n) is 1.71. The summed E-state index contributed by atoms with van der Waals surface area (Å²) in [5, 5.41) is 2.57. The fourth-order valence-electron chi connectivity index (χ4n) is 1.10. The van der Waals surface area contributed by atoms with Gasteiger partial charge in [0, 0.05) is 11.5 Å². The quantitative estimate of drug-likeness (QED) is 0.902. The predicted octanol–water partition coefficient (Wildman–Crippen LogP) is 2.21. The number of hydrogen-bond acceptors (Lipinski definition) is 2. The maximum atomic E-state index is 11.4. The summed E-state index contributed by atoms with van der Waals surface area (Å²) in [6, 6.07) is 5.36. The molecule has 0 fully saturated rings. The number of ether oxygens (including phenoxy) is 1. The second-order valence-electron chi connectivity index (χ2n) is 2.65. The first-order valence-corrected chi connectivity index (χ1v) is 5.12. The minimum Gasteiger partial charge on any atom is -0.493 e. The monoisotopic (exact) mass is 257 g/mol. The van der Waals surface area contributed by atoms with E-state index in [0.717, 1.165) is 4.47 Å². The van der Waals surface area contributed by atoms with Crippen LogP contribution < -0.4 is 10.1 Å². The first-order chi connectivity index (χ1) is 6.69. The number of benzene rings is 1. The van der Waals surface area contributed by atoms with E-state index in [0.29, 0.717) is 17.9 Å². The molecule has 0 saturated carbocycles. The second kappa shape index (κ2) is 5.00. The summed E-state index contributed by atoms with van der Waals surface area (Å²) in [5.41, 5.74) is 0.545. The van der Waals surface area contributed by atoms with E-state index < -0.39 is 0 Å². The van der Waals surface area contributed by atoms with Crippen molar-refractivity contribution in [2.45, 2.75) is 6.92 Å². The molecule has 1 amide bonds. The zero-order chi connectivity index (χ0) is 10.6. The van der Waals surface area contributed by atoms with Crippen molar-refractivity contribution < 1.29 is 9.53 Å². The van der Waals surface area contributed by atoms with E-state index in [2.05, 4.69) is 21.2 Å². The third-order valence-corrected chi connectivity index (χ3v) is 2.21. The molecular formula is C10H12BrNO2. The standard InChI is InChI=1S/C10H12BrNO2/c1-3-14-9-5-4-7(11)6-8(9)10(13)12-2/h4-6H,3H2,1-2H3,(H,12,13). The Balaban J connectivity index is 3.08. The van der Waals surface area contributed by atoms with Crippen LogP contribution in [0.25, 0.3) is 0 Å². The van der Waals surface area contributed by atoms with E-state index in [1.807, 2.05) is 13.0 Å². The van der Waals surface area contributed by atoms with Crippen LogP contribution in [0.15, 0.2) is 22.7 Å². The Bertz CT molecular complexity index is 339. The largest absolute Gasteiger partial charge is 0.493 e. The van der Waals surface area contributed by atoms with Gasteiger partial charge in [0.05, 0.1) is 12.2 Å². The number of halogens is 1. The number of carbonyl (C=O) groups excluding carboxylic acids is 1. The summed E-state index contributed by atoms with van der Waals surface area (Å²) in [4.78, 5) is 11.4. The average Bonchev–Trinajstić information content (AvgIpc) is 2.20. The molecule has 1 aromatic rings. The summed E-state index contributed by atoms with van der Waals surface area (Å²) in [5.74, 6) is 0.463. The summed E-state index contributed by atoms with van der Waals surface area (Å²) < 4.78 is 6.19. The molecular weight excluding hydrogens is 246 g/mol. The smallest absolute Gasteiger partial charge is 0.254 e. The molecule has 1 rings (SSSR count). The Morgan fingerprint density at radius 1 is 1.57 bits per heavy atom. The van der Waals surface area contributed by atoms with E-state index >= 15 is 0 Å². The molecule has 0 spiro atoms. The highest BCUT2D eigenvalue weighted by atomic mass is 79.9. The van der Waals surface area contributed by atoms with Crippen LogP contribution in [0.4, 0.5) is 0 Å². The van der Waals surface area contributed by atoms with Gasteiger partial charge in [-0.3, -0.25) is 4.79 Å². The molecule has 0 aliphatic rings. The van der Waals surface area contributed by atoms with Crippen molar-refractivity contribution in [3.63, 3.8) is 0 Å². The molecule has 4 heteroatoms. The van der Waals surface area contributed by atoms with Crippen LogP contribution in [0, 0.1) is 0 Å². The van der Waals surface area contributed by atoms with Crippen LogP contribution >= 0.6 is 15.9 Å². The summed E-state index contributed by atoms with van der Waals surface area (Å²) in [6.07, 6.45) is 0. The fourth-order valence-corrected chi connectivity index (χ4v) is 1.46. The second-order valence-corrected chi connectivity index (χ2v) is 3.57. The van der Waals surface area contributed by atoms with Crippen molar-refractivity contribution in [1.82, 2.24) is 5.32 Å². The maximum Gasteiger partial charge on any atom is 0.254 e. The predicted molar refractivity (Wildman–Crippen MR) is 58.7 cm³/mol. The van der Waals surface area contributed by atoms with Crippen LogP contribution in [-0.2, 0) is 0 Å². The molecule has 0 radical (unpaired) electrons. The number of amides is 1. The van der Waals surface area contributed by atoms with Gasteiger partial charge in [-0.1, -0.05) is 15.9 Å². The first-order valence-electron chi connectivity index (χ1n) is 4.33. The van der Waals surface area contributed by atoms with Crippen molar-refractivity contribution in [1.29, 1.82) is 0 Å². The number of nitrogens with one attached hydrogen (secondary N) is 1. The van der Waals surface area contributed by atoms with E-state index in [1.165, 1.54) is 0 Å². The highest BCUT2D eigenvalue weighted by Crippen LogP contribution is 2.23. The summed E-state index contributed by atoms with van der Waals surface area (Å²) in [7, 11) is 1.60.